The summed E-state index contributed by atoms with van der Waals surface area (Å²) < 4.78 is 0.927. The molecule has 2 heterocycles. The van der Waals surface area contributed by atoms with Crippen molar-refractivity contribution in [1.82, 2.24) is 14.6 Å². The Kier molecular flexibility index (Phi) is 4.25. The minimum Gasteiger partial charge on any atom is -0.476 e. The van der Waals surface area contributed by atoms with Crippen molar-refractivity contribution < 1.29 is 14.7 Å². The Hall–Kier alpha value is -3.78. The fraction of sp³-hybridized carbons (Fsp3) is 0. The van der Waals surface area contributed by atoms with Gasteiger partial charge in [0.1, 0.15) is 0 Å². The van der Waals surface area contributed by atoms with E-state index in [0.717, 1.165) is 4.52 Å². The van der Waals surface area contributed by atoms with Gasteiger partial charge in [-0.3, -0.25) is 9.59 Å². The zero-order chi connectivity index (χ0) is 19.8. The number of rotatable bonds is 3. The summed E-state index contributed by atoms with van der Waals surface area (Å²) in [6.45, 7) is 0. The standard InChI is InChI=1S/C19H11ClN4O4/c20-11-3-1-10(2-4-11)17(25)21-12-5-6-14-13(9-12)18(26)24-16(22-14)8-7-15(23-24)19(27)28/h1-9H,(H,21,25)(H,27,28). The van der Waals surface area contributed by atoms with E-state index in [4.69, 9.17) is 16.7 Å². The number of carboxylic acids is 1. The van der Waals surface area contributed by atoms with Crippen LogP contribution in [0.1, 0.15) is 20.8 Å². The summed E-state index contributed by atoms with van der Waals surface area (Å²) in [7, 11) is 0. The van der Waals surface area contributed by atoms with E-state index in [1.807, 2.05) is 0 Å². The van der Waals surface area contributed by atoms with Gasteiger partial charge in [0, 0.05) is 16.3 Å². The Morgan fingerprint density at radius 3 is 2.50 bits per heavy atom. The van der Waals surface area contributed by atoms with Crippen LogP contribution in [0.5, 0.6) is 0 Å². The summed E-state index contributed by atoms with van der Waals surface area (Å²) in [5, 5.41) is 16.3. The molecule has 0 bridgehead atoms. The van der Waals surface area contributed by atoms with Crippen molar-refractivity contribution in [2.75, 3.05) is 5.32 Å². The molecular formula is C19H11ClN4O4. The minimum absolute atomic E-state index is 0.196. The van der Waals surface area contributed by atoms with Crippen molar-refractivity contribution in [2.45, 2.75) is 0 Å². The van der Waals surface area contributed by atoms with Crippen LogP contribution < -0.4 is 10.9 Å². The van der Waals surface area contributed by atoms with Gasteiger partial charge in [0.25, 0.3) is 11.5 Å². The lowest BCUT2D eigenvalue weighted by Gasteiger charge is -2.08. The topological polar surface area (TPSA) is 114 Å². The Labute approximate surface area is 162 Å². The predicted molar refractivity (Wildman–Crippen MR) is 103 cm³/mol. The van der Waals surface area contributed by atoms with Gasteiger partial charge in [-0.15, -0.1) is 0 Å². The van der Waals surface area contributed by atoms with Gasteiger partial charge < -0.3 is 10.4 Å². The number of fused-ring (bicyclic) bond motifs is 2. The number of amides is 1. The van der Waals surface area contributed by atoms with E-state index in [2.05, 4.69) is 15.4 Å². The average Bonchev–Trinajstić information content (AvgIpc) is 2.69. The Morgan fingerprint density at radius 1 is 1.04 bits per heavy atom. The molecule has 138 valence electrons. The normalized spacial score (nSPS) is 10.9. The molecular weight excluding hydrogens is 384 g/mol. The van der Waals surface area contributed by atoms with Crippen LogP contribution in [0.25, 0.3) is 16.6 Å². The highest BCUT2D eigenvalue weighted by molar-refractivity contribution is 6.30. The van der Waals surface area contributed by atoms with Crippen LogP contribution in [-0.4, -0.2) is 31.6 Å². The molecule has 0 aliphatic carbocycles. The highest BCUT2D eigenvalue weighted by atomic mass is 35.5. The zero-order valence-corrected chi connectivity index (χ0v) is 14.8. The largest absolute Gasteiger partial charge is 0.476 e. The van der Waals surface area contributed by atoms with Crippen molar-refractivity contribution >= 4 is 45.7 Å². The lowest BCUT2D eigenvalue weighted by atomic mass is 10.2. The van der Waals surface area contributed by atoms with Gasteiger partial charge in [-0.25, -0.2) is 9.78 Å². The number of carbonyl (C=O) groups is 2. The molecule has 28 heavy (non-hydrogen) atoms. The van der Waals surface area contributed by atoms with Gasteiger partial charge >= 0.3 is 5.97 Å². The van der Waals surface area contributed by atoms with Crippen LogP contribution in [0.3, 0.4) is 0 Å². The maximum atomic E-state index is 12.7. The summed E-state index contributed by atoms with van der Waals surface area (Å²) in [4.78, 5) is 40.5. The quantitative estimate of drug-likeness (QED) is 0.516. The number of benzene rings is 2. The van der Waals surface area contributed by atoms with Crippen molar-refractivity contribution in [3.63, 3.8) is 0 Å². The number of hydrogen-bond acceptors (Lipinski definition) is 5. The number of aromatic nitrogens is 3. The number of carboxylic acid groups (broad SMARTS) is 1. The third kappa shape index (κ3) is 3.17. The Bertz CT molecular complexity index is 1320. The fourth-order valence-electron chi connectivity index (χ4n) is 2.69. The number of hydrogen-bond donors (Lipinski definition) is 2. The van der Waals surface area contributed by atoms with Crippen molar-refractivity contribution in [3.05, 3.63) is 81.2 Å². The second-order valence-electron chi connectivity index (χ2n) is 5.90. The second kappa shape index (κ2) is 6.75. The summed E-state index contributed by atoms with van der Waals surface area (Å²) >= 11 is 5.82. The molecule has 2 aromatic heterocycles. The predicted octanol–water partition coefficient (Wildman–Crippen LogP) is 2.85. The van der Waals surface area contributed by atoms with E-state index in [1.165, 1.54) is 18.2 Å². The molecule has 0 radical (unpaired) electrons. The lowest BCUT2D eigenvalue weighted by molar-refractivity contribution is 0.0688. The van der Waals surface area contributed by atoms with Gasteiger partial charge in [-0.05, 0) is 54.6 Å². The van der Waals surface area contributed by atoms with E-state index in [-0.39, 0.29) is 22.6 Å². The van der Waals surface area contributed by atoms with E-state index >= 15 is 0 Å². The van der Waals surface area contributed by atoms with Crippen molar-refractivity contribution in [1.29, 1.82) is 0 Å². The van der Waals surface area contributed by atoms with Crippen LogP contribution in [0, 0.1) is 0 Å². The number of aromatic carboxylic acids is 1. The van der Waals surface area contributed by atoms with Crippen molar-refractivity contribution in [3.8, 4) is 0 Å². The van der Waals surface area contributed by atoms with Crippen LogP contribution in [0.15, 0.2) is 59.4 Å². The smallest absolute Gasteiger partial charge is 0.356 e. The molecule has 9 heteroatoms. The zero-order valence-electron chi connectivity index (χ0n) is 14.1. The van der Waals surface area contributed by atoms with E-state index < -0.39 is 11.5 Å². The lowest BCUT2D eigenvalue weighted by Crippen LogP contribution is -2.20. The van der Waals surface area contributed by atoms with Gasteiger partial charge in [0.15, 0.2) is 11.3 Å². The van der Waals surface area contributed by atoms with Crippen LogP contribution in [-0.2, 0) is 0 Å². The van der Waals surface area contributed by atoms with Gasteiger partial charge in [-0.2, -0.15) is 9.61 Å². The molecule has 2 N–H and O–H groups in total. The molecule has 4 rings (SSSR count). The third-order valence-corrected chi connectivity index (χ3v) is 4.30. The second-order valence-corrected chi connectivity index (χ2v) is 6.34. The molecule has 0 fully saturated rings. The van der Waals surface area contributed by atoms with E-state index in [1.54, 1.807) is 36.4 Å². The van der Waals surface area contributed by atoms with E-state index in [0.29, 0.717) is 21.8 Å². The molecule has 2 aromatic carbocycles. The molecule has 0 atom stereocenters. The van der Waals surface area contributed by atoms with Crippen molar-refractivity contribution in [2.24, 2.45) is 0 Å². The maximum Gasteiger partial charge on any atom is 0.356 e. The fourth-order valence-corrected chi connectivity index (χ4v) is 2.82. The van der Waals surface area contributed by atoms with Crippen LogP contribution in [0.2, 0.25) is 5.02 Å². The monoisotopic (exact) mass is 394 g/mol. The minimum atomic E-state index is -1.25. The number of carbonyl (C=O) groups excluding carboxylic acids is 1. The number of halogens is 1. The van der Waals surface area contributed by atoms with Crippen LogP contribution in [0.4, 0.5) is 5.69 Å². The molecule has 0 aliphatic heterocycles. The first-order chi connectivity index (χ1) is 13.4. The van der Waals surface area contributed by atoms with Gasteiger partial charge in [0.05, 0.1) is 10.9 Å². The molecule has 4 aromatic rings. The summed E-state index contributed by atoms with van der Waals surface area (Å²) in [6, 6.07) is 13.7. The SMILES string of the molecule is O=C(Nc1ccc2nc3ccc(C(=O)O)nn3c(=O)c2c1)c1ccc(Cl)cc1. The Morgan fingerprint density at radius 2 is 1.79 bits per heavy atom. The molecule has 0 spiro atoms. The molecule has 0 saturated heterocycles. The maximum absolute atomic E-state index is 12.7. The molecule has 0 unspecified atom stereocenters. The molecule has 0 saturated carbocycles. The first kappa shape index (κ1) is 17.6. The number of nitrogens with one attached hydrogen (secondary N) is 1. The van der Waals surface area contributed by atoms with Gasteiger partial charge in [-0.1, -0.05) is 11.6 Å². The molecule has 1 amide bonds. The highest BCUT2D eigenvalue weighted by Gasteiger charge is 2.12. The van der Waals surface area contributed by atoms with Gasteiger partial charge in [0.2, 0.25) is 0 Å². The Balaban J connectivity index is 1.77. The average molecular weight is 395 g/mol. The first-order valence-corrected chi connectivity index (χ1v) is 8.44. The summed E-state index contributed by atoms with van der Waals surface area (Å²) in [5.74, 6) is -1.62. The first-order valence-electron chi connectivity index (χ1n) is 8.06. The highest BCUT2D eigenvalue weighted by Crippen LogP contribution is 2.17. The van der Waals surface area contributed by atoms with Crippen LogP contribution >= 0.6 is 11.6 Å². The molecule has 8 nitrogen and oxygen atoms in total. The molecule has 0 aliphatic rings. The number of nitrogens with zero attached hydrogens (tertiary/aromatic N) is 3. The summed E-state index contributed by atoms with van der Waals surface area (Å²) in [5.41, 5.74) is 0.611. The van der Waals surface area contributed by atoms with E-state index in [9.17, 15) is 14.4 Å². The third-order valence-electron chi connectivity index (χ3n) is 4.05. The number of anilines is 1. The summed E-state index contributed by atoms with van der Waals surface area (Å²) in [6.07, 6.45) is 0.